The maximum absolute atomic E-state index is 12.2. The first kappa shape index (κ1) is 21.7. The summed E-state index contributed by atoms with van der Waals surface area (Å²) < 4.78 is 41.0. The van der Waals surface area contributed by atoms with Gasteiger partial charge in [-0.05, 0) is 44.0 Å². The number of ether oxygens (including phenoxy) is 1. The Hall–Kier alpha value is -2.61. The number of nitrogens with one attached hydrogen (secondary N) is 1. The number of rotatable bonds is 7. The summed E-state index contributed by atoms with van der Waals surface area (Å²) >= 11 is 0. The van der Waals surface area contributed by atoms with Gasteiger partial charge in [-0.1, -0.05) is 24.3 Å². The molecule has 1 aromatic heterocycles. The molecule has 1 aromatic carbocycles. The highest BCUT2D eigenvalue weighted by molar-refractivity contribution is 5.78. The maximum Gasteiger partial charge on any atom is 0.422 e. The van der Waals surface area contributed by atoms with Crippen molar-refractivity contribution >= 4 is 5.91 Å². The molecule has 0 bridgehead atoms. The molecule has 0 aliphatic heterocycles. The topological polar surface area (TPSA) is 71.5 Å². The molecule has 0 aliphatic rings. The van der Waals surface area contributed by atoms with Crippen LogP contribution in [0.3, 0.4) is 0 Å². The molecular formula is C20H23F3N2O3. The van der Waals surface area contributed by atoms with Gasteiger partial charge in [0.2, 0.25) is 5.91 Å². The highest BCUT2D eigenvalue weighted by Crippen LogP contribution is 2.21. The Morgan fingerprint density at radius 3 is 2.32 bits per heavy atom. The van der Waals surface area contributed by atoms with E-state index in [0.29, 0.717) is 5.69 Å². The summed E-state index contributed by atoms with van der Waals surface area (Å²) in [5.41, 5.74) is 1.10. The average molecular weight is 396 g/mol. The normalized spacial score (nSPS) is 13.1. The van der Waals surface area contributed by atoms with Gasteiger partial charge in [-0.25, -0.2) is 0 Å². The third kappa shape index (κ3) is 6.84. The molecule has 1 atom stereocenters. The molecule has 0 radical (unpaired) electrons. The van der Waals surface area contributed by atoms with E-state index in [1.165, 1.54) is 18.3 Å². The van der Waals surface area contributed by atoms with E-state index in [-0.39, 0.29) is 18.1 Å². The van der Waals surface area contributed by atoms with E-state index in [1.54, 1.807) is 45.0 Å². The van der Waals surface area contributed by atoms with Crippen LogP contribution in [0, 0.1) is 0 Å². The first-order valence-corrected chi connectivity index (χ1v) is 8.71. The quantitative estimate of drug-likeness (QED) is 0.749. The minimum absolute atomic E-state index is 0.00602. The standard InChI is InChI=1S/C20H23F3N2O3/c1-13(17-9-8-16(11-24-17)28-12-20(21,22)23)25-18(26)10-14-4-6-15(7-5-14)19(2,3)27/h4-9,11,13,27H,10,12H2,1-3H3,(H,25,26). The van der Waals surface area contributed by atoms with Crippen LogP contribution < -0.4 is 10.1 Å². The SMILES string of the molecule is CC(NC(=O)Cc1ccc(C(C)(C)O)cc1)c1ccc(OCC(F)(F)F)cn1. The molecule has 2 N–H and O–H groups in total. The van der Waals surface area contributed by atoms with Crippen molar-refractivity contribution in [3.63, 3.8) is 0 Å². The van der Waals surface area contributed by atoms with Gasteiger partial charge in [-0.3, -0.25) is 9.78 Å². The Balaban J connectivity index is 1.89. The van der Waals surface area contributed by atoms with Gasteiger partial charge in [0.05, 0.1) is 30.0 Å². The molecule has 152 valence electrons. The summed E-state index contributed by atoms with van der Waals surface area (Å²) in [6, 6.07) is 9.58. The van der Waals surface area contributed by atoms with Crippen LogP contribution in [0.1, 0.15) is 43.6 Å². The van der Waals surface area contributed by atoms with Crippen LogP contribution in [0.4, 0.5) is 13.2 Å². The van der Waals surface area contributed by atoms with Crippen LogP contribution in [0.5, 0.6) is 5.75 Å². The fourth-order valence-corrected chi connectivity index (χ4v) is 2.48. The molecule has 0 fully saturated rings. The number of pyridine rings is 1. The van der Waals surface area contributed by atoms with Gasteiger partial charge in [0.1, 0.15) is 5.75 Å². The van der Waals surface area contributed by atoms with E-state index in [4.69, 9.17) is 0 Å². The Labute approximate surface area is 161 Å². The Bertz CT molecular complexity index is 782. The Kier molecular flexibility index (Phi) is 6.66. The number of alkyl halides is 3. The van der Waals surface area contributed by atoms with Gasteiger partial charge in [0.15, 0.2) is 6.61 Å². The summed E-state index contributed by atoms with van der Waals surface area (Å²) in [5, 5.41) is 12.7. The van der Waals surface area contributed by atoms with Gasteiger partial charge in [-0.15, -0.1) is 0 Å². The van der Waals surface area contributed by atoms with Gasteiger partial charge in [0.25, 0.3) is 0 Å². The fourth-order valence-electron chi connectivity index (χ4n) is 2.48. The molecule has 8 heteroatoms. The first-order valence-electron chi connectivity index (χ1n) is 8.71. The first-order chi connectivity index (χ1) is 12.9. The molecule has 1 heterocycles. The number of benzene rings is 1. The van der Waals surface area contributed by atoms with Crippen molar-refractivity contribution in [1.82, 2.24) is 10.3 Å². The number of halogens is 3. The van der Waals surface area contributed by atoms with Gasteiger partial charge >= 0.3 is 6.18 Å². The summed E-state index contributed by atoms with van der Waals surface area (Å²) in [4.78, 5) is 16.3. The van der Waals surface area contributed by atoms with E-state index in [1.807, 2.05) is 0 Å². The molecule has 1 unspecified atom stereocenters. The van der Waals surface area contributed by atoms with Crippen molar-refractivity contribution in [2.45, 2.75) is 45.0 Å². The third-order valence-electron chi connectivity index (χ3n) is 4.01. The van der Waals surface area contributed by atoms with Crippen LogP contribution >= 0.6 is 0 Å². The van der Waals surface area contributed by atoms with E-state index in [9.17, 15) is 23.1 Å². The predicted octanol–water partition coefficient (Wildman–Crippen LogP) is 3.67. The lowest BCUT2D eigenvalue weighted by atomic mass is 9.97. The zero-order valence-corrected chi connectivity index (χ0v) is 15.9. The highest BCUT2D eigenvalue weighted by Gasteiger charge is 2.28. The van der Waals surface area contributed by atoms with Crippen molar-refractivity contribution in [3.05, 3.63) is 59.4 Å². The number of hydrogen-bond acceptors (Lipinski definition) is 4. The molecule has 0 spiro atoms. The summed E-state index contributed by atoms with van der Waals surface area (Å²) in [6.45, 7) is 3.71. The second kappa shape index (κ2) is 8.60. The average Bonchev–Trinajstić information content (AvgIpc) is 2.59. The molecule has 2 rings (SSSR count). The smallest absolute Gasteiger partial charge is 0.422 e. The molecule has 0 saturated carbocycles. The van der Waals surface area contributed by atoms with Crippen molar-refractivity contribution in [3.8, 4) is 5.75 Å². The molecule has 1 amide bonds. The van der Waals surface area contributed by atoms with Crippen molar-refractivity contribution in [2.24, 2.45) is 0 Å². The third-order valence-corrected chi connectivity index (χ3v) is 4.01. The van der Waals surface area contributed by atoms with Crippen molar-refractivity contribution in [2.75, 3.05) is 6.61 Å². The second-order valence-electron chi connectivity index (χ2n) is 7.04. The number of hydrogen-bond donors (Lipinski definition) is 2. The highest BCUT2D eigenvalue weighted by atomic mass is 19.4. The van der Waals surface area contributed by atoms with Gasteiger partial charge < -0.3 is 15.2 Å². The Morgan fingerprint density at radius 2 is 1.82 bits per heavy atom. The van der Waals surface area contributed by atoms with Gasteiger partial charge in [-0.2, -0.15) is 13.2 Å². The van der Waals surface area contributed by atoms with Crippen molar-refractivity contribution < 1.29 is 27.8 Å². The van der Waals surface area contributed by atoms with Crippen LogP contribution in [0.2, 0.25) is 0 Å². The number of amides is 1. The second-order valence-corrected chi connectivity index (χ2v) is 7.04. The zero-order chi connectivity index (χ0) is 20.9. The van der Waals surface area contributed by atoms with Crippen molar-refractivity contribution in [1.29, 1.82) is 0 Å². The predicted molar refractivity (Wildman–Crippen MR) is 97.7 cm³/mol. The lowest BCUT2D eigenvalue weighted by Crippen LogP contribution is -2.28. The van der Waals surface area contributed by atoms with E-state index in [0.717, 1.165) is 11.1 Å². The molecule has 0 saturated heterocycles. The molecular weight excluding hydrogens is 373 g/mol. The van der Waals surface area contributed by atoms with Crippen LogP contribution in [-0.2, 0) is 16.8 Å². The van der Waals surface area contributed by atoms with Gasteiger partial charge in [0, 0.05) is 0 Å². The largest absolute Gasteiger partial charge is 0.483 e. The number of carbonyl (C=O) groups is 1. The molecule has 28 heavy (non-hydrogen) atoms. The molecule has 0 aliphatic carbocycles. The lowest BCUT2D eigenvalue weighted by Gasteiger charge is -2.18. The fraction of sp³-hybridized carbons (Fsp3) is 0.400. The maximum atomic E-state index is 12.2. The van der Waals surface area contributed by atoms with Crippen LogP contribution in [0.25, 0.3) is 0 Å². The van der Waals surface area contributed by atoms with Crippen LogP contribution in [0.15, 0.2) is 42.6 Å². The van der Waals surface area contributed by atoms with E-state index in [2.05, 4.69) is 15.0 Å². The van der Waals surface area contributed by atoms with E-state index < -0.39 is 24.4 Å². The van der Waals surface area contributed by atoms with E-state index >= 15 is 0 Å². The number of aliphatic hydroxyl groups is 1. The summed E-state index contributed by atoms with van der Waals surface area (Å²) in [7, 11) is 0. The number of nitrogens with zero attached hydrogens (tertiary/aromatic N) is 1. The molecule has 2 aromatic rings. The van der Waals surface area contributed by atoms with Crippen LogP contribution in [-0.4, -0.2) is 28.8 Å². The summed E-state index contributed by atoms with van der Waals surface area (Å²) in [5.74, 6) is -0.214. The number of aromatic nitrogens is 1. The monoisotopic (exact) mass is 396 g/mol. The lowest BCUT2D eigenvalue weighted by molar-refractivity contribution is -0.153. The number of carbonyl (C=O) groups excluding carboxylic acids is 1. The Morgan fingerprint density at radius 1 is 1.18 bits per heavy atom. The minimum Gasteiger partial charge on any atom is -0.483 e. The summed E-state index contributed by atoms with van der Waals surface area (Å²) in [6.07, 6.45) is -3.06. The molecule has 5 nitrogen and oxygen atoms in total. The zero-order valence-electron chi connectivity index (χ0n) is 15.9. The minimum atomic E-state index is -4.41.